The van der Waals surface area contributed by atoms with Crippen LogP contribution in [0.15, 0.2) is 60.7 Å². The Morgan fingerprint density at radius 1 is 0.704 bits per heavy atom. The number of imide groups is 2. The van der Waals surface area contributed by atoms with Crippen molar-refractivity contribution in [3.8, 4) is 0 Å². The van der Waals surface area contributed by atoms with Crippen LogP contribution in [-0.2, 0) is 9.59 Å². The Bertz CT molecular complexity index is 859. The molecule has 2 heterocycles. The highest BCUT2D eigenvalue weighted by Crippen LogP contribution is 2.48. The zero-order valence-electron chi connectivity index (χ0n) is 14.1. The van der Waals surface area contributed by atoms with Crippen molar-refractivity contribution >= 4 is 35.2 Å². The summed E-state index contributed by atoms with van der Waals surface area (Å²) in [5, 5.41) is 10.9. The first-order valence-electron chi connectivity index (χ1n) is 8.37. The van der Waals surface area contributed by atoms with Crippen LogP contribution in [0.5, 0.6) is 0 Å². The molecule has 8 heteroatoms. The van der Waals surface area contributed by atoms with Crippen molar-refractivity contribution in [2.75, 3.05) is 0 Å². The molecule has 7 nitrogen and oxygen atoms in total. The summed E-state index contributed by atoms with van der Waals surface area (Å²) in [6, 6.07) is 15.8. The van der Waals surface area contributed by atoms with E-state index in [0.717, 1.165) is 0 Å². The van der Waals surface area contributed by atoms with Gasteiger partial charge in [-0.2, -0.15) is 0 Å². The maximum atomic E-state index is 13.2. The molecule has 4 rings (SSSR count). The largest absolute Gasteiger partial charge is 0.354 e. The molecule has 2 fully saturated rings. The lowest BCUT2D eigenvalue weighted by atomic mass is 9.66. The van der Waals surface area contributed by atoms with Gasteiger partial charge in [0.25, 0.3) is 0 Å². The van der Waals surface area contributed by atoms with Crippen molar-refractivity contribution in [1.29, 1.82) is 0 Å². The molecule has 2 aliphatic heterocycles. The molecule has 1 spiro atoms. The first-order valence-corrected chi connectivity index (χ1v) is 8.78. The van der Waals surface area contributed by atoms with E-state index >= 15 is 0 Å². The molecule has 2 unspecified atom stereocenters. The van der Waals surface area contributed by atoms with Gasteiger partial charge >= 0.3 is 6.03 Å². The number of benzene rings is 2. The number of rotatable bonds is 2. The number of thiocarbonyl (C=S) groups is 1. The van der Waals surface area contributed by atoms with Crippen LogP contribution >= 0.6 is 12.2 Å². The fourth-order valence-corrected chi connectivity index (χ4v) is 3.99. The summed E-state index contributed by atoms with van der Waals surface area (Å²) >= 11 is 5.36. The Morgan fingerprint density at radius 3 is 1.52 bits per heavy atom. The van der Waals surface area contributed by atoms with Crippen molar-refractivity contribution in [2.45, 2.75) is 12.1 Å². The SMILES string of the molecule is O=C1NC(=O)C2(C(=O)N1)C(c1ccccc1)NC(=S)NC2c1ccccc1. The molecule has 136 valence electrons. The Kier molecular flexibility index (Phi) is 4.12. The molecule has 0 radical (unpaired) electrons. The van der Waals surface area contributed by atoms with Gasteiger partial charge in [-0.3, -0.25) is 20.2 Å². The Labute approximate surface area is 160 Å². The van der Waals surface area contributed by atoms with Crippen molar-refractivity contribution < 1.29 is 14.4 Å². The van der Waals surface area contributed by atoms with E-state index in [1.807, 2.05) is 60.7 Å². The predicted octanol–water partition coefficient (Wildman–Crippen LogP) is 1.30. The van der Waals surface area contributed by atoms with E-state index in [1.54, 1.807) is 0 Å². The zero-order chi connectivity index (χ0) is 19.0. The van der Waals surface area contributed by atoms with Gasteiger partial charge in [-0.05, 0) is 23.3 Å². The fraction of sp³-hybridized carbons (Fsp3) is 0.158. The van der Waals surface area contributed by atoms with Crippen molar-refractivity contribution in [2.24, 2.45) is 5.41 Å². The normalized spacial score (nSPS) is 23.9. The summed E-state index contributed by atoms with van der Waals surface area (Å²) in [4.78, 5) is 38.0. The molecule has 0 aliphatic carbocycles. The van der Waals surface area contributed by atoms with E-state index in [2.05, 4.69) is 21.3 Å². The molecule has 2 aromatic rings. The molecule has 0 aromatic heterocycles. The number of amides is 4. The van der Waals surface area contributed by atoms with E-state index in [4.69, 9.17) is 12.2 Å². The molecule has 4 N–H and O–H groups in total. The molecule has 0 saturated carbocycles. The minimum Gasteiger partial charge on any atom is -0.354 e. The van der Waals surface area contributed by atoms with Crippen molar-refractivity contribution in [3.63, 3.8) is 0 Å². The highest BCUT2D eigenvalue weighted by molar-refractivity contribution is 7.80. The highest BCUT2D eigenvalue weighted by Gasteiger charge is 2.63. The number of urea groups is 1. The molecule has 4 amide bonds. The molecular weight excluding hydrogens is 364 g/mol. The van der Waals surface area contributed by atoms with Crippen LogP contribution in [0, 0.1) is 5.41 Å². The van der Waals surface area contributed by atoms with Gasteiger partial charge in [0.15, 0.2) is 10.5 Å². The van der Waals surface area contributed by atoms with Crippen LogP contribution in [0.4, 0.5) is 4.79 Å². The second kappa shape index (κ2) is 6.48. The van der Waals surface area contributed by atoms with Crippen LogP contribution in [0.25, 0.3) is 0 Å². The summed E-state index contributed by atoms with van der Waals surface area (Å²) in [5.41, 5.74) is -0.234. The number of hydrogen-bond acceptors (Lipinski definition) is 4. The lowest BCUT2D eigenvalue weighted by Gasteiger charge is -2.49. The average molecular weight is 380 g/mol. The summed E-state index contributed by atoms with van der Waals surface area (Å²) in [5.74, 6) is -1.36. The second-order valence-corrected chi connectivity index (χ2v) is 6.82. The Balaban J connectivity index is 1.95. The average Bonchev–Trinajstić information content (AvgIpc) is 2.67. The van der Waals surface area contributed by atoms with Crippen molar-refractivity contribution in [3.05, 3.63) is 71.8 Å². The molecule has 27 heavy (non-hydrogen) atoms. The van der Waals surface area contributed by atoms with E-state index in [1.165, 1.54) is 0 Å². The summed E-state index contributed by atoms with van der Waals surface area (Å²) in [6.07, 6.45) is 0. The second-order valence-electron chi connectivity index (χ2n) is 6.41. The minimum atomic E-state index is -1.65. The lowest BCUT2D eigenvalue weighted by molar-refractivity contribution is -0.149. The number of carbonyl (C=O) groups is 3. The van der Waals surface area contributed by atoms with Gasteiger partial charge in [0.1, 0.15) is 0 Å². The summed E-state index contributed by atoms with van der Waals surface area (Å²) < 4.78 is 0. The maximum absolute atomic E-state index is 13.2. The molecule has 0 bridgehead atoms. The topological polar surface area (TPSA) is 99.3 Å². The predicted molar refractivity (Wildman–Crippen MR) is 101 cm³/mol. The first kappa shape index (κ1) is 17.2. The van der Waals surface area contributed by atoms with Gasteiger partial charge in [-0.25, -0.2) is 4.79 Å². The lowest BCUT2D eigenvalue weighted by Crippen LogP contribution is -2.73. The summed E-state index contributed by atoms with van der Waals surface area (Å²) in [6.45, 7) is 0. The molecule has 2 aliphatic rings. The Morgan fingerprint density at radius 2 is 1.11 bits per heavy atom. The van der Waals surface area contributed by atoms with Crippen LogP contribution in [-0.4, -0.2) is 23.0 Å². The van der Waals surface area contributed by atoms with Crippen LogP contribution in [0.3, 0.4) is 0 Å². The third-order valence-electron chi connectivity index (χ3n) is 4.93. The smallest absolute Gasteiger partial charge is 0.328 e. The van der Waals surface area contributed by atoms with Gasteiger partial charge in [0.05, 0.1) is 12.1 Å². The molecule has 2 atom stereocenters. The molecule has 2 aromatic carbocycles. The van der Waals surface area contributed by atoms with Gasteiger partial charge in [-0.15, -0.1) is 0 Å². The zero-order valence-corrected chi connectivity index (χ0v) is 14.9. The monoisotopic (exact) mass is 380 g/mol. The number of barbiturate groups is 1. The maximum Gasteiger partial charge on any atom is 0.328 e. The standard InChI is InChI=1S/C19H16N4O3S/c24-15-19(16(25)23-17(26)22-15)13(11-7-3-1-4-8-11)20-18(27)21-14(19)12-9-5-2-6-10-12/h1-10,13-14H,(H2,20,21,27)(H2,22,23,24,25,26). The molecule has 2 saturated heterocycles. The van der Waals surface area contributed by atoms with Gasteiger partial charge in [-0.1, -0.05) is 60.7 Å². The van der Waals surface area contributed by atoms with Crippen LogP contribution in [0.1, 0.15) is 23.2 Å². The van der Waals surface area contributed by atoms with E-state index in [9.17, 15) is 14.4 Å². The number of nitrogens with one attached hydrogen (secondary N) is 4. The third kappa shape index (κ3) is 2.65. The number of carbonyl (C=O) groups excluding carboxylic acids is 3. The van der Waals surface area contributed by atoms with Gasteiger partial charge in [0, 0.05) is 0 Å². The minimum absolute atomic E-state index is 0.320. The number of hydrogen-bond donors (Lipinski definition) is 4. The van der Waals surface area contributed by atoms with E-state index in [0.29, 0.717) is 16.2 Å². The Hall–Kier alpha value is -3.26. The van der Waals surface area contributed by atoms with Crippen molar-refractivity contribution in [1.82, 2.24) is 21.3 Å². The van der Waals surface area contributed by atoms with Gasteiger partial charge < -0.3 is 10.6 Å². The van der Waals surface area contributed by atoms with Crippen LogP contribution in [0.2, 0.25) is 0 Å². The molecular formula is C19H16N4O3S. The third-order valence-corrected chi connectivity index (χ3v) is 5.17. The fourth-order valence-electron chi connectivity index (χ4n) is 3.75. The first-order chi connectivity index (χ1) is 13.0. The summed E-state index contributed by atoms with van der Waals surface area (Å²) in [7, 11) is 0. The highest BCUT2D eigenvalue weighted by atomic mass is 32.1. The van der Waals surface area contributed by atoms with E-state index < -0.39 is 35.3 Å². The van der Waals surface area contributed by atoms with Crippen LogP contribution < -0.4 is 21.3 Å². The van der Waals surface area contributed by atoms with E-state index in [-0.39, 0.29) is 0 Å². The van der Waals surface area contributed by atoms with Gasteiger partial charge in [0.2, 0.25) is 11.8 Å². The quantitative estimate of drug-likeness (QED) is 0.463.